The lowest BCUT2D eigenvalue weighted by atomic mass is 9.72. The van der Waals surface area contributed by atoms with Crippen LogP contribution < -0.4 is 10.5 Å². The number of hydrogen-bond acceptors (Lipinski definition) is 3. The van der Waals surface area contributed by atoms with E-state index in [0.717, 1.165) is 18.6 Å². The number of methoxy groups -OCH3 is 1. The Labute approximate surface area is 116 Å². The van der Waals surface area contributed by atoms with Gasteiger partial charge in [-0.25, -0.2) is 0 Å². The van der Waals surface area contributed by atoms with E-state index in [1.54, 1.807) is 7.11 Å². The molecule has 0 amide bonds. The molecule has 0 heterocycles. The third kappa shape index (κ3) is 2.77. The molecule has 106 valence electrons. The van der Waals surface area contributed by atoms with E-state index in [4.69, 9.17) is 10.5 Å². The molecule has 0 radical (unpaired) electrons. The van der Waals surface area contributed by atoms with Gasteiger partial charge in [0.05, 0.1) is 7.11 Å². The van der Waals surface area contributed by atoms with Crippen molar-refractivity contribution in [1.29, 1.82) is 0 Å². The zero-order chi connectivity index (χ0) is 14.2. The topological polar surface area (TPSA) is 38.5 Å². The molecule has 0 spiro atoms. The summed E-state index contributed by atoms with van der Waals surface area (Å²) >= 11 is 0. The van der Waals surface area contributed by atoms with Crippen LogP contribution in [0.1, 0.15) is 35.6 Å². The standard InChI is InChI=1S/C16H26N2O/c1-10-6-11(2)15(14(7-10)19-5)16(18(3)4)12-8-13(17)9-12/h6-7,12-13,16H,8-9,17H2,1-5H3. The lowest BCUT2D eigenvalue weighted by molar-refractivity contribution is 0.120. The van der Waals surface area contributed by atoms with Crippen molar-refractivity contribution < 1.29 is 4.74 Å². The van der Waals surface area contributed by atoms with Crippen molar-refractivity contribution in [2.45, 2.75) is 38.8 Å². The fourth-order valence-corrected chi connectivity index (χ4v) is 3.37. The Bertz CT molecular complexity index is 450. The first-order valence-electron chi connectivity index (χ1n) is 7.01. The second kappa shape index (κ2) is 5.51. The van der Waals surface area contributed by atoms with E-state index in [2.05, 4.69) is 45.0 Å². The molecule has 2 N–H and O–H groups in total. The van der Waals surface area contributed by atoms with Crippen molar-refractivity contribution in [3.8, 4) is 5.75 Å². The van der Waals surface area contributed by atoms with Gasteiger partial charge in [-0.3, -0.25) is 0 Å². The van der Waals surface area contributed by atoms with Gasteiger partial charge in [-0.15, -0.1) is 0 Å². The van der Waals surface area contributed by atoms with E-state index in [1.165, 1.54) is 16.7 Å². The summed E-state index contributed by atoms with van der Waals surface area (Å²) in [6, 6.07) is 5.16. The molecular weight excluding hydrogens is 236 g/mol. The molecule has 0 aromatic heterocycles. The van der Waals surface area contributed by atoms with Crippen LogP contribution in [-0.4, -0.2) is 32.1 Å². The summed E-state index contributed by atoms with van der Waals surface area (Å²) in [6.45, 7) is 4.29. The molecular formula is C16H26N2O. The van der Waals surface area contributed by atoms with E-state index in [0.29, 0.717) is 18.0 Å². The summed E-state index contributed by atoms with van der Waals surface area (Å²) in [5.74, 6) is 1.65. The van der Waals surface area contributed by atoms with Crippen LogP contribution in [0.25, 0.3) is 0 Å². The first kappa shape index (κ1) is 14.4. The molecule has 1 fully saturated rings. The van der Waals surface area contributed by atoms with Gasteiger partial charge in [0.15, 0.2) is 0 Å². The third-order valence-corrected chi connectivity index (χ3v) is 4.22. The Hall–Kier alpha value is -1.06. The molecule has 1 aromatic rings. The number of nitrogens with zero attached hydrogens (tertiary/aromatic N) is 1. The Kier molecular flexibility index (Phi) is 4.16. The molecule has 1 aliphatic rings. The number of ether oxygens (including phenoxy) is 1. The van der Waals surface area contributed by atoms with Crippen LogP contribution in [0.3, 0.4) is 0 Å². The maximum atomic E-state index is 5.97. The Morgan fingerprint density at radius 1 is 1.26 bits per heavy atom. The SMILES string of the molecule is COc1cc(C)cc(C)c1C(C1CC(N)C1)N(C)C. The number of nitrogens with two attached hydrogens (primary N) is 1. The van der Waals surface area contributed by atoms with Gasteiger partial charge < -0.3 is 15.4 Å². The fourth-order valence-electron chi connectivity index (χ4n) is 3.37. The predicted molar refractivity (Wildman–Crippen MR) is 79.6 cm³/mol. The van der Waals surface area contributed by atoms with E-state index in [-0.39, 0.29) is 0 Å². The monoisotopic (exact) mass is 262 g/mol. The zero-order valence-corrected chi connectivity index (χ0v) is 12.7. The molecule has 19 heavy (non-hydrogen) atoms. The first-order chi connectivity index (χ1) is 8.93. The summed E-state index contributed by atoms with van der Waals surface area (Å²) in [7, 11) is 6.05. The van der Waals surface area contributed by atoms with E-state index in [9.17, 15) is 0 Å². The maximum absolute atomic E-state index is 5.97. The Balaban J connectivity index is 2.41. The highest BCUT2D eigenvalue weighted by Gasteiger charge is 2.37. The summed E-state index contributed by atoms with van der Waals surface area (Å²) < 4.78 is 5.63. The minimum Gasteiger partial charge on any atom is -0.496 e. The van der Waals surface area contributed by atoms with Gasteiger partial charge in [0.2, 0.25) is 0 Å². The number of hydrogen-bond donors (Lipinski definition) is 1. The quantitative estimate of drug-likeness (QED) is 0.906. The number of aryl methyl sites for hydroxylation is 2. The van der Waals surface area contributed by atoms with Crippen LogP contribution >= 0.6 is 0 Å². The van der Waals surface area contributed by atoms with E-state index >= 15 is 0 Å². The summed E-state index contributed by atoms with van der Waals surface area (Å²) in [5.41, 5.74) is 9.86. The highest BCUT2D eigenvalue weighted by atomic mass is 16.5. The molecule has 1 atom stereocenters. The third-order valence-electron chi connectivity index (χ3n) is 4.22. The Morgan fingerprint density at radius 2 is 1.89 bits per heavy atom. The number of rotatable bonds is 4. The van der Waals surface area contributed by atoms with Crippen LogP contribution in [0.2, 0.25) is 0 Å². The maximum Gasteiger partial charge on any atom is 0.124 e. The van der Waals surface area contributed by atoms with Crippen LogP contribution in [0, 0.1) is 19.8 Å². The highest BCUT2D eigenvalue weighted by molar-refractivity contribution is 5.45. The van der Waals surface area contributed by atoms with Gasteiger partial charge in [0.25, 0.3) is 0 Å². The lowest BCUT2D eigenvalue weighted by Crippen LogP contribution is -2.43. The van der Waals surface area contributed by atoms with Gasteiger partial charge in [0, 0.05) is 17.6 Å². The molecule has 3 nitrogen and oxygen atoms in total. The normalized spacial score (nSPS) is 24.2. The molecule has 0 bridgehead atoms. The van der Waals surface area contributed by atoms with Crippen molar-refractivity contribution in [2.24, 2.45) is 11.7 Å². The number of benzene rings is 1. The van der Waals surface area contributed by atoms with Gasteiger partial charge in [0.1, 0.15) is 5.75 Å². The summed E-state index contributed by atoms with van der Waals surface area (Å²) in [5, 5.41) is 0. The van der Waals surface area contributed by atoms with Crippen molar-refractivity contribution in [3.63, 3.8) is 0 Å². The minimum atomic E-state index is 0.379. The van der Waals surface area contributed by atoms with Gasteiger partial charge in [-0.05, 0) is 63.9 Å². The molecule has 1 unspecified atom stereocenters. The van der Waals surface area contributed by atoms with E-state index in [1.807, 2.05) is 0 Å². The molecule has 0 saturated heterocycles. The highest BCUT2D eigenvalue weighted by Crippen LogP contribution is 2.44. The summed E-state index contributed by atoms with van der Waals surface area (Å²) in [4.78, 5) is 2.30. The van der Waals surface area contributed by atoms with Crippen molar-refractivity contribution in [1.82, 2.24) is 4.90 Å². The molecule has 1 aliphatic carbocycles. The van der Waals surface area contributed by atoms with Gasteiger partial charge in [-0.1, -0.05) is 6.07 Å². The van der Waals surface area contributed by atoms with Gasteiger partial charge >= 0.3 is 0 Å². The average molecular weight is 262 g/mol. The van der Waals surface area contributed by atoms with Crippen molar-refractivity contribution in [3.05, 3.63) is 28.8 Å². The molecule has 2 rings (SSSR count). The van der Waals surface area contributed by atoms with Crippen LogP contribution in [-0.2, 0) is 0 Å². The molecule has 1 aromatic carbocycles. The van der Waals surface area contributed by atoms with Crippen LogP contribution in [0.15, 0.2) is 12.1 Å². The van der Waals surface area contributed by atoms with Crippen molar-refractivity contribution in [2.75, 3.05) is 21.2 Å². The lowest BCUT2D eigenvalue weighted by Gasteiger charge is -2.42. The average Bonchev–Trinajstić information content (AvgIpc) is 2.28. The first-order valence-corrected chi connectivity index (χ1v) is 7.01. The van der Waals surface area contributed by atoms with Crippen molar-refractivity contribution >= 4 is 0 Å². The van der Waals surface area contributed by atoms with Crippen LogP contribution in [0.4, 0.5) is 0 Å². The Morgan fingerprint density at radius 3 is 2.37 bits per heavy atom. The smallest absolute Gasteiger partial charge is 0.124 e. The largest absolute Gasteiger partial charge is 0.496 e. The second-order valence-corrected chi connectivity index (χ2v) is 6.10. The zero-order valence-electron chi connectivity index (χ0n) is 12.7. The summed E-state index contributed by atoms with van der Waals surface area (Å²) in [6.07, 6.45) is 2.22. The molecule has 3 heteroatoms. The molecule has 0 aliphatic heterocycles. The minimum absolute atomic E-state index is 0.379. The van der Waals surface area contributed by atoms with E-state index < -0.39 is 0 Å². The van der Waals surface area contributed by atoms with Crippen LogP contribution in [0.5, 0.6) is 5.75 Å². The molecule has 1 saturated carbocycles. The van der Waals surface area contributed by atoms with Gasteiger partial charge in [-0.2, -0.15) is 0 Å². The second-order valence-electron chi connectivity index (χ2n) is 6.10. The predicted octanol–water partition coefficient (Wildman–Crippen LogP) is 2.65. The fraction of sp³-hybridized carbons (Fsp3) is 0.625.